The molecule has 0 spiro atoms. The summed E-state index contributed by atoms with van der Waals surface area (Å²) in [6, 6.07) is 7.73. The molecular weight excluding hydrogens is 178 g/mol. The summed E-state index contributed by atoms with van der Waals surface area (Å²) in [5, 5.41) is 10.4. The van der Waals surface area contributed by atoms with Gasteiger partial charge in [0.1, 0.15) is 0 Å². The van der Waals surface area contributed by atoms with Gasteiger partial charge in [0.25, 0.3) is 0 Å². The standard InChI is InChI=1S/C11H11NO2/c13-10-5-6-11(14)9-4-2-1-3-8(9)7-12(10)11/h1-4,14H,5-7H2. The summed E-state index contributed by atoms with van der Waals surface area (Å²) >= 11 is 0. The second kappa shape index (κ2) is 2.36. The fourth-order valence-electron chi connectivity index (χ4n) is 2.48. The van der Waals surface area contributed by atoms with Gasteiger partial charge in [0.2, 0.25) is 5.91 Å². The van der Waals surface area contributed by atoms with Crippen molar-refractivity contribution in [2.45, 2.75) is 25.1 Å². The Kier molecular flexibility index (Phi) is 1.35. The lowest BCUT2D eigenvalue weighted by molar-refractivity contribution is -0.144. The normalized spacial score (nSPS) is 29.2. The maximum atomic E-state index is 11.5. The number of fused-ring (bicyclic) bond motifs is 3. The molecule has 3 heteroatoms. The molecule has 72 valence electrons. The van der Waals surface area contributed by atoms with Crippen LogP contribution in [-0.2, 0) is 17.1 Å². The Bertz CT molecular complexity index is 416. The molecule has 0 bridgehead atoms. The summed E-state index contributed by atoms with van der Waals surface area (Å²) in [5.74, 6) is 0.0590. The van der Waals surface area contributed by atoms with Crippen LogP contribution in [0.1, 0.15) is 24.0 Å². The molecule has 0 saturated carbocycles. The van der Waals surface area contributed by atoms with Crippen molar-refractivity contribution >= 4 is 5.91 Å². The topological polar surface area (TPSA) is 40.5 Å². The lowest BCUT2D eigenvalue weighted by Gasteiger charge is -2.26. The van der Waals surface area contributed by atoms with Crippen LogP contribution in [0, 0.1) is 0 Å². The molecule has 1 aromatic rings. The van der Waals surface area contributed by atoms with Crippen molar-refractivity contribution in [3.05, 3.63) is 35.4 Å². The molecule has 2 heterocycles. The Morgan fingerprint density at radius 1 is 1.36 bits per heavy atom. The van der Waals surface area contributed by atoms with Crippen LogP contribution in [0.15, 0.2) is 24.3 Å². The van der Waals surface area contributed by atoms with E-state index < -0.39 is 5.72 Å². The summed E-state index contributed by atoms with van der Waals surface area (Å²) in [6.07, 6.45) is 0.994. The number of aliphatic hydroxyl groups is 1. The molecule has 2 aliphatic rings. The molecule has 0 aromatic heterocycles. The average Bonchev–Trinajstić information content (AvgIpc) is 2.64. The number of carbonyl (C=O) groups is 1. The Balaban J connectivity index is 2.18. The van der Waals surface area contributed by atoms with Crippen molar-refractivity contribution in [3.8, 4) is 0 Å². The van der Waals surface area contributed by atoms with E-state index in [1.54, 1.807) is 4.90 Å². The van der Waals surface area contributed by atoms with Crippen LogP contribution in [-0.4, -0.2) is 15.9 Å². The maximum Gasteiger partial charge on any atom is 0.225 e. The van der Waals surface area contributed by atoms with E-state index in [-0.39, 0.29) is 5.91 Å². The number of hydrogen-bond donors (Lipinski definition) is 1. The molecule has 1 N–H and O–H groups in total. The molecule has 1 unspecified atom stereocenters. The van der Waals surface area contributed by atoms with Crippen LogP contribution in [0.2, 0.25) is 0 Å². The first-order valence-corrected chi connectivity index (χ1v) is 4.83. The van der Waals surface area contributed by atoms with E-state index in [1.807, 2.05) is 24.3 Å². The molecule has 2 aliphatic heterocycles. The molecule has 1 saturated heterocycles. The Morgan fingerprint density at radius 3 is 3.00 bits per heavy atom. The van der Waals surface area contributed by atoms with Gasteiger partial charge in [-0.05, 0) is 5.56 Å². The first kappa shape index (κ1) is 8.00. The van der Waals surface area contributed by atoms with Crippen molar-refractivity contribution in [1.82, 2.24) is 4.90 Å². The molecular formula is C11H11NO2. The van der Waals surface area contributed by atoms with Crippen molar-refractivity contribution < 1.29 is 9.90 Å². The second-order valence-electron chi connectivity index (χ2n) is 3.95. The van der Waals surface area contributed by atoms with Crippen LogP contribution < -0.4 is 0 Å². The largest absolute Gasteiger partial charge is 0.367 e. The van der Waals surface area contributed by atoms with Gasteiger partial charge in [-0.2, -0.15) is 0 Å². The van der Waals surface area contributed by atoms with Gasteiger partial charge in [-0.3, -0.25) is 4.79 Å². The zero-order valence-electron chi connectivity index (χ0n) is 7.73. The second-order valence-corrected chi connectivity index (χ2v) is 3.95. The highest BCUT2D eigenvalue weighted by molar-refractivity contribution is 5.80. The molecule has 1 amide bonds. The number of hydrogen-bond acceptors (Lipinski definition) is 2. The summed E-state index contributed by atoms with van der Waals surface area (Å²) in [6.45, 7) is 0.561. The number of carbonyl (C=O) groups excluding carboxylic acids is 1. The lowest BCUT2D eigenvalue weighted by atomic mass is 9.99. The van der Waals surface area contributed by atoms with E-state index >= 15 is 0 Å². The van der Waals surface area contributed by atoms with Crippen molar-refractivity contribution in [3.63, 3.8) is 0 Å². The first-order chi connectivity index (χ1) is 6.72. The Morgan fingerprint density at radius 2 is 2.14 bits per heavy atom. The molecule has 14 heavy (non-hydrogen) atoms. The van der Waals surface area contributed by atoms with Gasteiger partial charge in [-0.25, -0.2) is 0 Å². The van der Waals surface area contributed by atoms with E-state index in [9.17, 15) is 9.90 Å². The van der Waals surface area contributed by atoms with E-state index in [0.29, 0.717) is 19.4 Å². The number of rotatable bonds is 0. The fourth-order valence-corrected chi connectivity index (χ4v) is 2.48. The number of benzene rings is 1. The van der Waals surface area contributed by atoms with Gasteiger partial charge in [0.15, 0.2) is 5.72 Å². The van der Waals surface area contributed by atoms with Crippen LogP contribution in [0.25, 0.3) is 0 Å². The molecule has 0 radical (unpaired) electrons. The summed E-state index contributed by atoms with van der Waals surface area (Å²) in [4.78, 5) is 13.1. The maximum absolute atomic E-state index is 11.5. The number of nitrogens with zero attached hydrogens (tertiary/aromatic N) is 1. The highest BCUT2D eigenvalue weighted by Gasteiger charge is 2.50. The predicted molar refractivity (Wildman–Crippen MR) is 50.1 cm³/mol. The Hall–Kier alpha value is -1.35. The predicted octanol–water partition coefficient (Wildman–Crippen LogP) is 0.968. The van der Waals surface area contributed by atoms with Crippen LogP contribution >= 0.6 is 0 Å². The lowest BCUT2D eigenvalue weighted by Crippen LogP contribution is -2.37. The van der Waals surface area contributed by atoms with Gasteiger partial charge in [-0.15, -0.1) is 0 Å². The zero-order chi connectivity index (χ0) is 9.76. The third kappa shape index (κ3) is 0.780. The SMILES string of the molecule is O=C1CCC2(O)c3ccccc3CN12. The molecule has 1 fully saturated rings. The van der Waals surface area contributed by atoms with E-state index in [2.05, 4.69) is 0 Å². The van der Waals surface area contributed by atoms with E-state index in [0.717, 1.165) is 11.1 Å². The molecule has 0 aliphatic carbocycles. The van der Waals surface area contributed by atoms with Gasteiger partial charge in [0.05, 0.1) is 0 Å². The average molecular weight is 189 g/mol. The van der Waals surface area contributed by atoms with Gasteiger partial charge in [-0.1, -0.05) is 24.3 Å². The van der Waals surface area contributed by atoms with Gasteiger partial charge >= 0.3 is 0 Å². The minimum absolute atomic E-state index is 0.0590. The molecule has 1 atom stereocenters. The van der Waals surface area contributed by atoms with Crippen molar-refractivity contribution in [2.75, 3.05) is 0 Å². The first-order valence-electron chi connectivity index (χ1n) is 4.83. The summed E-state index contributed by atoms with van der Waals surface area (Å²) in [5.41, 5.74) is 0.974. The molecule has 1 aromatic carbocycles. The molecule has 3 rings (SSSR count). The third-order valence-electron chi connectivity index (χ3n) is 3.21. The third-order valence-corrected chi connectivity index (χ3v) is 3.21. The smallest absolute Gasteiger partial charge is 0.225 e. The highest BCUT2D eigenvalue weighted by Crippen LogP contribution is 2.44. The van der Waals surface area contributed by atoms with Crippen LogP contribution in [0.5, 0.6) is 0 Å². The van der Waals surface area contributed by atoms with Crippen LogP contribution in [0.4, 0.5) is 0 Å². The van der Waals surface area contributed by atoms with E-state index in [4.69, 9.17) is 0 Å². The molecule has 3 nitrogen and oxygen atoms in total. The minimum Gasteiger partial charge on any atom is -0.367 e. The van der Waals surface area contributed by atoms with Gasteiger partial charge < -0.3 is 10.0 Å². The quantitative estimate of drug-likeness (QED) is 0.660. The van der Waals surface area contributed by atoms with Crippen molar-refractivity contribution in [2.24, 2.45) is 0 Å². The summed E-state index contributed by atoms with van der Waals surface area (Å²) < 4.78 is 0. The Labute approximate surface area is 82.0 Å². The number of amides is 1. The van der Waals surface area contributed by atoms with Gasteiger partial charge in [0, 0.05) is 24.9 Å². The monoisotopic (exact) mass is 189 g/mol. The van der Waals surface area contributed by atoms with Crippen LogP contribution in [0.3, 0.4) is 0 Å². The highest BCUT2D eigenvalue weighted by atomic mass is 16.3. The van der Waals surface area contributed by atoms with E-state index in [1.165, 1.54) is 0 Å². The zero-order valence-corrected chi connectivity index (χ0v) is 7.73. The summed E-state index contributed by atoms with van der Waals surface area (Å²) in [7, 11) is 0. The minimum atomic E-state index is -1.01. The van der Waals surface area contributed by atoms with Crippen molar-refractivity contribution in [1.29, 1.82) is 0 Å². The fraction of sp³-hybridized carbons (Fsp3) is 0.364.